The van der Waals surface area contributed by atoms with Gasteiger partial charge in [-0.3, -0.25) is 4.79 Å². The molecule has 0 amide bonds. The van der Waals surface area contributed by atoms with Gasteiger partial charge in [0, 0.05) is 25.8 Å². The van der Waals surface area contributed by atoms with Gasteiger partial charge in [-0.25, -0.2) is 0 Å². The van der Waals surface area contributed by atoms with Crippen LogP contribution in [-0.2, 0) is 20.1 Å². The topological polar surface area (TPSA) is 34.0 Å². The minimum Gasteiger partial charge on any atom is -0.313 e. The molecule has 0 fully saturated rings. The first-order valence-electron chi connectivity index (χ1n) is 4.20. The van der Waals surface area contributed by atoms with Crippen LogP contribution in [0.2, 0.25) is 0 Å². The number of pyridine rings is 1. The van der Waals surface area contributed by atoms with Gasteiger partial charge in [0.2, 0.25) is 0 Å². The van der Waals surface area contributed by atoms with Gasteiger partial charge in [0.1, 0.15) is 0 Å². The fourth-order valence-corrected chi connectivity index (χ4v) is 2.25. The van der Waals surface area contributed by atoms with Crippen molar-refractivity contribution in [3.63, 3.8) is 0 Å². The first kappa shape index (κ1) is 11.8. The van der Waals surface area contributed by atoms with Gasteiger partial charge < -0.3 is 9.88 Å². The lowest BCUT2D eigenvalue weighted by molar-refractivity contribution is 0.719. The largest absolute Gasteiger partial charge is 0.313 e. The van der Waals surface area contributed by atoms with Crippen molar-refractivity contribution < 1.29 is 0 Å². The van der Waals surface area contributed by atoms with Crippen LogP contribution < -0.4 is 10.9 Å². The predicted octanol–water partition coefficient (Wildman–Crippen LogP) is 1.48. The highest BCUT2D eigenvalue weighted by Crippen LogP contribution is 2.22. The second kappa shape index (κ2) is 4.04. The average molecular weight is 280 g/mol. The highest BCUT2D eigenvalue weighted by atomic mass is 79.9. The molecule has 1 aliphatic rings. The van der Waals surface area contributed by atoms with E-state index in [1.54, 1.807) is 4.57 Å². The van der Waals surface area contributed by atoms with E-state index in [9.17, 15) is 4.79 Å². The molecule has 1 aromatic rings. The lowest BCUT2D eigenvalue weighted by Crippen LogP contribution is -2.22. The Labute approximate surface area is 97.0 Å². The summed E-state index contributed by atoms with van der Waals surface area (Å²) in [5.41, 5.74) is 3.50. The van der Waals surface area contributed by atoms with E-state index < -0.39 is 0 Å². The molecule has 78 valence electrons. The summed E-state index contributed by atoms with van der Waals surface area (Å²) < 4.78 is 2.41. The van der Waals surface area contributed by atoms with E-state index in [0.717, 1.165) is 24.3 Å². The number of hydrogen-bond donors (Lipinski definition) is 1. The zero-order valence-corrected chi connectivity index (χ0v) is 10.5. The van der Waals surface area contributed by atoms with E-state index in [-0.39, 0.29) is 18.0 Å². The fraction of sp³-hybridized carbons (Fsp3) is 0.444. The maximum absolute atomic E-state index is 11.6. The third-order valence-corrected chi connectivity index (χ3v) is 3.56. The Bertz CT molecular complexity index is 428. The van der Waals surface area contributed by atoms with E-state index in [4.69, 9.17) is 0 Å². The molecular weight excluding hydrogens is 267 g/mol. The molecule has 0 radical (unpaired) electrons. The van der Waals surface area contributed by atoms with Crippen LogP contribution in [0.15, 0.2) is 9.27 Å². The van der Waals surface area contributed by atoms with Gasteiger partial charge in [-0.05, 0) is 34.0 Å². The van der Waals surface area contributed by atoms with Gasteiger partial charge in [-0.2, -0.15) is 0 Å². The average Bonchev–Trinajstić information content (AvgIpc) is 2.59. The van der Waals surface area contributed by atoms with Gasteiger partial charge in [0.05, 0.1) is 4.47 Å². The van der Waals surface area contributed by atoms with Crippen LogP contribution in [0.5, 0.6) is 0 Å². The van der Waals surface area contributed by atoms with Crippen molar-refractivity contribution in [2.24, 2.45) is 7.05 Å². The molecule has 0 aromatic carbocycles. The van der Waals surface area contributed by atoms with E-state index in [0.29, 0.717) is 4.47 Å². The number of hydrogen-bond acceptors (Lipinski definition) is 2. The Morgan fingerprint density at radius 2 is 2.07 bits per heavy atom. The van der Waals surface area contributed by atoms with Gasteiger partial charge in [-0.1, -0.05) is 0 Å². The van der Waals surface area contributed by atoms with E-state index in [1.807, 2.05) is 14.0 Å². The summed E-state index contributed by atoms with van der Waals surface area (Å²) in [4.78, 5) is 11.6. The summed E-state index contributed by atoms with van der Waals surface area (Å²) in [5, 5.41) is 3.24. The Morgan fingerprint density at radius 3 is 2.71 bits per heavy atom. The second-order valence-corrected chi connectivity index (χ2v) is 4.12. The van der Waals surface area contributed by atoms with Crippen LogP contribution in [0, 0.1) is 6.92 Å². The summed E-state index contributed by atoms with van der Waals surface area (Å²) in [6.07, 6.45) is 0. The van der Waals surface area contributed by atoms with Crippen molar-refractivity contribution in [3.8, 4) is 0 Å². The molecule has 5 heteroatoms. The highest BCUT2D eigenvalue weighted by molar-refractivity contribution is 9.10. The van der Waals surface area contributed by atoms with Crippen molar-refractivity contribution >= 4 is 28.3 Å². The summed E-state index contributed by atoms with van der Waals surface area (Å²) >= 11 is 3.32. The van der Waals surface area contributed by atoms with E-state index in [1.165, 1.54) is 5.56 Å². The SMILES string of the molecule is Cc1c2c(n(C)c(=O)c1Br)CNC2.Cl. The summed E-state index contributed by atoms with van der Waals surface area (Å²) in [6, 6.07) is 0. The first-order chi connectivity index (χ1) is 6.13. The van der Waals surface area contributed by atoms with Gasteiger partial charge in [0.25, 0.3) is 5.56 Å². The molecule has 0 unspecified atom stereocenters. The van der Waals surface area contributed by atoms with Crippen molar-refractivity contribution in [2.75, 3.05) is 0 Å². The molecule has 2 rings (SSSR count). The Morgan fingerprint density at radius 1 is 1.43 bits per heavy atom. The molecule has 1 aliphatic heterocycles. The minimum absolute atomic E-state index is 0. The standard InChI is InChI=1S/C9H11BrN2O.ClH/c1-5-6-3-11-4-7(6)12(2)9(13)8(5)10;/h11H,3-4H2,1-2H3;1H. The van der Waals surface area contributed by atoms with Crippen molar-refractivity contribution in [1.82, 2.24) is 9.88 Å². The van der Waals surface area contributed by atoms with Crippen LogP contribution in [-0.4, -0.2) is 4.57 Å². The molecule has 0 saturated carbocycles. The molecule has 0 aliphatic carbocycles. The van der Waals surface area contributed by atoms with Crippen molar-refractivity contribution in [1.29, 1.82) is 0 Å². The molecule has 0 bridgehead atoms. The second-order valence-electron chi connectivity index (χ2n) is 3.33. The smallest absolute Gasteiger partial charge is 0.265 e. The Kier molecular flexibility index (Phi) is 3.40. The summed E-state index contributed by atoms with van der Waals surface area (Å²) in [7, 11) is 1.82. The van der Waals surface area contributed by atoms with Crippen LogP contribution >= 0.6 is 28.3 Å². The third kappa shape index (κ3) is 1.51. The number of aromatic nitrogens is 1. The minimum atomic E-state index is 0. The first-order valence-corrected chi connectivity index (χ1v) is 4.99. The zero-order valence-electron chi connectivity index (χ0n) is 8.06. The molecule has 0 atom stereocenters. The molecule has 14 heavy (non-hydrogen) atoms. The quantitative estimate of drug-likeness (QED) is 0.780. The Balaban J connectivity index is 0.000000980. The normalized spacial score (nSPS) is 13.6. The number of nitrogens with one attached hydrogen (secondary N) is 1. The monoisotopic (exact) mass is 278 g/mol. The van der Waals surface area contributed by atoms with Crippen molar-refractivity contribution in [3.05, 3.63) is 31.6 Å². The van der Waals surface area contributed by atoms with Gasteiger partial charge in [-0.15, -0.1) is 12.4 Å². The molecule has 1 N–H and O–H groups in total. The molecule has 0 spiro atoms. The molecule has 0 saturated heterocycles. The predicted molar refractivity (Wildman–Crippen MR) is 61.9 cm³/mol. The van der Waals surface area contributed by atoms with Crippen LogP contribution in [0.3, 0.4) is 0 Å². The molecule has 1 aromatic heterocycles. The summed E-state index contributed by atoms with van der Waals surface area (Å²) in [5.74, 6) is 0. The van der Waals surface area contributed by atoms with Crippen LogP contribution in [0.25, 0.3) is 0 Å². The van der Waals surface area contributed by atoms with Crippen molar-refractivity contribution in [2.45, 2.75) is 20.0 Å². The lowest BCUT2D eigenvalue weighted by Gasteiger charge is -2.09. The van der Waals surface area contributed by atoms with E-state index in [2.05, 4.69) is 21.2 Å². The van der Waals surface area contributed by atoms with Gasteiger partial charge in [0.15, 0.2) is 0 Å². The van der Waals surface area contributed by atoms with Gasteiger partial charge >= 0.3 is 0 Å². The lowest BCUT2D eigenvalue weighted by atomic mass is 10.1. The molecule has 3 nitrogen and oxygen atoms in total. The van der Waals surface area contributed by atoms with E-state index >= 15 is 0 Å². The maximum Gasteiger partial charge on any atom is 0.265 e. The van der Waals surface area contributed by atoms with Crippen LogP contribution in [0.4, 0.5) is 0 Å². The summed E-state index contributed by atoms with van der Waals surface area (Å²) in [6.45, 7) is 3.65. The Hall–Kier alpha value is -0.320. The maximum atomic E-state index is 11.6. The highest BCUT2D eigenvalue weighted by Gasteiger charge is 2.19. The third-order valence-electron chi connectivity index (χ3n) is 2.62. The van der Waals surface area contributed by atoms with Crippen LogP contribution in [0.1, 0.15) is 16.8 Å². The molecule has 2 heterocycles. The number of rotatable bonds is 0. The number of nitrogens with zero attached hydrogens (tertiary/aromatic N) is 1. The fourth-order valence-electron chi connectivity index (χ4n) is 1.75. The molecular formula is C9H12BrClN2O. The zero-order chi connectivity index (χ0) is 9.59. The number of fused-ring (bicyclic) bond motifs is 1. The number of halogens is 2.